The van der Waals surface area contributed by atoms with E-state index in [0.717, 1.165) is 11.4 Å². The lowest BCUT2D eigenvalue weighted by Crippen LogP contribution is -2.17. The molecule has 1 aromatic carbocycles. The highest BCUT2D eigenvalue weighted by Crippen LogP contribution is 2.32. The minimum Gasteiger partial charge on any atom is -0.375 e. The predicted molar refractivity (Wildman–Crippen MR) is 77.1 cm³/mol. The van der Waals surface area contributed by atoms with Gasteiger partial charge in [0.1, 0.15) is 0 Å². The van der Waals surface area contributed by atoms with E-state index in [9.17, 15) is 4.79 Å². The molecule has 0 unspecified atom stereocenters. The van der Waals surface area contributed by atoms with Gasteiger partial charge in [0.15, 0.2) is 0 Å². The number of hydrogen-bond donors (Lipinski definition) is 2. The minimum atomic E-state index is -0.211. The van der Waals surface area contributed by atoms with E-state index in [4.69, 9.17) is 11.6 Å². The number of aromatic nitrogens is 2. The lowest BCUT2D eigenvalue weighted by atomic mass is 10.2. The number of benzene rings is 1. The maximum atomic E-state index is 12.1. The molecule has 1 amide bonds. The number of nitrogens with one attached hydrogen (secondary N) is 2. The lowest BCUT2D eigenvalue weighted by molar-refractivity contribution is 0.102. The normalized spacial score (nSPS) is 10.3. The molecule has 0 saturated carbocycles. The van der Waals surface area contributed by atoms with Gasteiger partial charge in [0.2, 0.25) is 0 Å². The molecule has 100 valence electrons. The maximum Gasteiger partial charge on any atom is 0.259 e. The summed E-state index contributed by atoms with van der Waals surface area (Å²) in [6, 6.07) is 5.40. The molecule has 2 N–H and O–H groups in total. The summed E-state index contributed by atoms with van der Waals surface area (Å²) in [6.07, 6.45) is 1.50. The van der Waals surface area contributed by atoms with E-state index < -0.39 is 0 Å². The van der Waals surface area contributed by atoms with Gasteiger partial charge in [0.25, 0.3) is 5.91 Å². The second kappa shape index (κ2) is 5.32. The van der Waals surface area contributed by atoms with Crippen molar-refractivity contribution in [3.05, 3.63) is 40.7 Å². The van der Waals surface area contributed by atoms with Crippen LogP contribution < -0.4 is 10.2 Å². The van der Waals surface area contributed by atoms with E-state index in [1.807, 2.05) is 25.1 Å². The number of rotatable bonds is 3. The second-order valence-electron chi connectivity index (χ2n) is 4.39. The zero-order chi connectivity index (χ0) is 14.0. The standard InChI is InChI=1S/C13H15ClN4O/c1-8-9(7-15-17-8)13(19)16-11-6-4-5-10(14)12(11)18(2)3/h4-7H,1-3H3,(H,15,17)(H,16,19). The van der Waals surface area contributed by atoms with Gasteiger partial charge in [-0.2, -0.15) is 5.10 Å². The van der Waals surface area contributed by atoms with Crippen LogP contribution in [-0.4, -0.2) is 30.2 Å². The number of carbonyl (C=O) groups is 1. The molecule has 0 saturated heterocycles. The van der Waals surface area contributed by atoms with Crippen LogP contribution in [0, 0.1) is 6.92 Å². The quantitative estimate of drug-likeness (QED) is 0.907. The molecule has 0 aliphatic carbocycles. The highest BCUT2D eigenvalue weighted by Gasteiger charge is 2.15. The number of hydrogen-bond acceptors (Lipinski definition) is 3. The molecule has 2 rings (SSSR count). The molecule has 0 aliphatic heterocycles. The Morgan fingerprint density at radius 2 is 2.16 bits per heavy atom. The van der Waals surface area contributed by atoms with E-state index in [-0.39, 0.29) is 5.91 Å². The van der Waals surface area contributed by atoms with Crippen molar-refractivity contribution in [3.8, 4) is 0 Å². The zero-order valence-electron chi connectivity index (χ0n) is 11.0. The second-order valence-corrected chi connectivity index (χ2v) is 4.80. The smallest absolute Gasteiger partial charge is 0.259 e. The Balaban J connectivity index is 2.32. The average molecular weight is 279 g/mol. The molecule has 2 aromatic rings. The van der Waals surface area contributed by atoms with Crippen molar-refractivity contribution in [2.45, 2.75) is 6.92 Å². The average Bonchev–Trinajstić information content (AvgIpc) is 2.75. The Labute approximate surface area is 116 Å². The Morgan fingerprint density at radius 1 is 1.42 bits per heavy atom. The van der Waals surface area contributed by atoms with Crippen LogP contribution in [0.1, 0.15) is 16.1 Å². The molecule has 0 fully saturated rings. The third-order valence-electron chi connectivity index (χ3n) is 2.76. The molecule has 0 aliphatic rings. The van der Waals surface area contributed by atoms with Gasteiger partial charge < -0.3 is 10.2 Å². The van der Waals surface area contributed by atoms with Crippen molar-refractivity contribution in [1.29, 1.82) is 0 Å². The van der Waals surface area contributed by atoms with Crippen LogP contribution in [0.15, 0.2) is 24.4 Å². The Bertz CT molecular complexity index is 606. The summed E-state index contributed by atoms with van der Waals surface area (Å²) < 4.78 is 0. The van der Waals surface area contributed by atoms with Gasteiger partial charge in [-0.15, -0.1) is 0 Å². The van der Waals surface area contributed by atoms with E-state index in [1.165, 1.54) is 6.20 Å². The molecule has 0 atom stereocenters. The number of aryl methyl sites for hydroxylation is 1. The highest BCUT2D eigenvalue weighted by molar-refractivity contribution is 6.34. The van der Waals surface area contributed by atoms with Gasteiger partial charge in [0.05, 0.1) is 28.2 Å². The summed E-state index contributed by atoms with van der Waals surface area (Å²) >= 11 is 6.15. The number of para-hydroxylation sites is 1. The summed E-state index contributed by atoms with van der Waals surface area (Å²) in [5.74, 6) is -0.211. The van der Waals surface area contributed by atoms with Crippen LogP contribution in [0.4, 0.5) is 11.4 Å². The van der Waals surface area contributed by atoms with Crippen molar-refractivity contribution in [1.82, 2.24) is 10.2 Å². The molecule has 6 heteroatoms. The molecule has 1 heterocycles. The van der Waals surface area contributed by atoms with Crippen LogP contribution in [-0.2, 0) is 0 Å². The Morgan fingerprint density at radius 3 is 2.74 bits per heavy atom. The first-order chi connectivity index (χ1) is 9.00. The first kappa shape index (κ1) is 13.4. The van der Waals surface area contributed by atoms with Crippen molar-refractivity contribution < 1.29 is 4.79 Å². The van der Waals surface area contributed by atoms with Crippen LogP contribution in [0.3, 0.4) is 0 Å². The van der Waals surface area contributed by atoms with Crippen molar-refractivity contribution in [2.24, 2.45) is 0 Å². The highest BCUT2D eigenvalue weighted by atomic mass is 35.5. The summed E-state index contributed by atoms with van der Waals surface area (Å²) in [5.41, 5.74) is 2.69. The first-order valence-corrected chi connectivity index (χ1v) is 6.15. The number of aromatic amines is 1. The number of anilines is 2. The SMILES string of the molecule is Cc1[nH]ncc1C(=O)Nc1cccc(Cl)c1N(C)C. The van der Waals surface area contributed by atoms with Crippen molar-refractivity contribution in [3.63, 3.8) is 0 Å². The monoisotopic (exact) mass is 278 g/mol. The van der Waals surface area contributed by atoms with Crippen LogP contribution >= 0.6 is 11.6 Å². The molecule has 1 aromatic heterocycles. The van der Waals surface area contributed by atoms with Crippen LogP contribution in [0.5, 0.6) is 0 Å². The third-order valence-corrected chi connectivity index (χ3v) is 3.06. The maximum absolute atomic E-state index is 12.1. The summed E-state index contributed by atoms with van der Waals surface area (Å²) in [6.45, 7) is 1.80. The molecule has 0 radical (unpaired) electrons. The molecular weight excluding hydrogens is 264 g/mol. The lowest BCUT2D eigenvalue weighted by Gasteiger charge is -2.19. The van der Waals surface area contributed by atoms with E-state index in [1.54, 1.807) is 19.1 Å². The first-order valence-electron chi connectivity index (χ1n) is 5.78. The molecule has 5 nitrogen and oxygen atoms in total. The van der Waals surface area contributed by atoms with Crippen molar-refractivity contribution in [2.75, 3.05) is 24.3 Å². The number of H-pyrrole nitrogens is 1. The van der Waals surface area contributed by atoms with E-state index in [2.05, 4.69) is 15.5 Å². The van der Waals surface area contributed by atoms with Crippen LogP contribution in [0.25, 0.3) is 0 Å². The number of amides is 1. The fourth-order valence-electron chi connectivity index (χ4n) is 1.84. The van der Waals surface area contributed by atoms with Crippen molar-refractivity contribution >= 4 is 28.9 Å². The van der Waals surface area contributed by atoms with Gasteiger partial charge in [-0.25, -0.2) is 0 Å². The number of nitrogens with zero attached hydrogens (tertiary/aromatic N) is 2. The summed E-state index contributed by atoms with van der Waals surface area (Å²) in [5, 5.41) is 10.0. The molecule has 0 spiro atoms. The topological polar surface area (TPSA) is 61.0 Å². The molecule has 19 heavy (non-hydrogen) atoms. The fourth-order valence-corrected chi connectivity index (χ4v) is 2.18. The molecular formula is C13H15ClN4O. The van der Waals surface area contributed by atoms with Gasteiger partial charge in [-0.1, -0.05) is 17.7 Å². The predicted octanol–water partition coefficient (Wildman–Crippen LogP) is 2.69. The van der Waals surface area contributed by atoms with Gasteiger partial charge in [0, 0.05) is 19.8 Å². The summed E-state index contributed by atoms with van der Waals surface area (Å²) in [4.78, 5) is 14.0. The van der Waals surface area contributed by atoms with Gasteiger partial charge in [-0.05, 0) is 19.1 Å². The number of halogens is 1. The van der Waals surface area contributed by atoms with Crippen LogP contribution in [0.2, 0.25) is 5.02 Å². The Hall–Kier alpha value is -2.01. The van der Waals surface area contributed by atoms with Gasteiger partial charge in [-0.3, -0.25) is 9.89 Å². The zero-order valence-corrected chi connectivity index (χ0v) is 11.7. The Kier molecular flexibility index (Phi) is 3.76. The van der Waals surface area contributed by atoms with Gasteiger partial charge >= 0.3 is 0 Å². The van der Waals surface area contributed by atoms with E-state index >= 15 is 0 Å². The minimum absolute atomic E-state index is 0.211. The summed E-state index contributed by atoms with van der Waals surface area (Å²) in [7, 11) is 3.75. The van der Waals surface area contributed by atoms with E-state index in [0.29, 0.717) is 16.3 Å². The fraction of sp³-hybridized carbons (Fsp3) is 0.231. The number of carbonyl (C=O) groups excluding carboxylic acids is 1. The molecule has 0 bridgehead atoms. The third kappa shape index (κ3) is 2.71. The largest absolute Gasteiger partial charge is 0.375 e.